The molecule has 0 radical (unpaired) electrons. The highest BCUT2D eigenvalue weighted by Crippen LogP contribution is 2.27. The molecule has 2 atom stereocenters. The van der Waals surface area contributed by atoms with Gasteiger partial charge in [-0.3, -0.25) is 9.59 Å². The number of carbonyl (C=O) groups excluding carboxylic acids is 2. The van der Waals surface area contributed by atoms with E-state index in [1.165, 1.54) is 0 Å². The molecule has 0 amide bonds. The van der Waals surface area contributed by atoms with E-state index in [0.29, 0.717) is 32.5 Å². The van der Waals surface area contributed by atoms with Crippen molar-refractivity contribution in [3.8, 4) is 0 Å². The zero-order valence-electron chi connectivity index (χ0n) is 19.5. The Kier molecular flexibility index (Phi) is 13.4. The monoisotopic (exact) mass is 416 g/mol. The second kappa shape index (κ2) is 14.0. The van der Waals surface area contributed by atoms with Gasteiger partial charge in [-0.25, -0.2) is 0 Å². The minimum Gasteiger partial charge on any atom is -0.466 e. The maximum Gasteiger partial charge on any atom is 0.311 e. The summed E-state index contributed by atoms with van der Waals surface area (Å²) in [7, 11) is 0. The van der Waals surface area contributed by atoms with E-state index in [-0.39, 0.29) is 11.9 Å². The molecule has 0 aliphatic rings. The standard InChI is InChI=1S/C23H44O6/c1-7-28-20(26)22(3,4)16-12-9-10-14-18(24)19(25)15-11-13-17-23(5,6)21(27)29-8-2/h18-19,24-25H,7-17H2,1-6H3/t18-,19-/m0/s1. The quantitative estimate of drug-likeness (QED) is 0.286. The molecule has 0 rings (SSSR count). The summed E-state index contributed by atoms with van der Waals surface area (Å²) in [5.74, 6) is -0.353. The highest BCUT2D eigenvalue weighted by Gasteiger charge is 2.29. The highest BCUT2D eigenvalue weighted by molar-refractivity contribution is 5.76. The van der Waals surface area contributed by atoms with Gasteiger partial charge in [0.2, 0.25) is 0 Å². The third kappa shape index (κ3) is 11.6. The molecule has 0 saturated carbocycles. The van der Waals surface area contributed by atoms with Crippen LogP contribution in [0, 0.1) is 10.8 Å². The Hall–Kier alpha value is -1.14. The SMILES string of the molecule is CCOC(=O)C(C)(C)CCCCC[C@H](O)[C@@H](O)CCCCC(C)(C)C(=O)OCC. The van der Waals surface area contributed by atoms with Gasteiger partial charge in [-0.15, -0.1) is 0 Å². The molecule has 0 spiro atoms. The maximum atomic E-state index is 11.9. The lowest BCUT2D eigenvalue weighted by atomic mass is 9.86. The summed E-state index contributed by atoms with van der Waals surface area (Å²) in [5, 5.41) is 20.3. The summed E-state index contributed by atoms with van der Waals surface area (Å²) in [4.78, 5) is 23.7. The number of esters is 2. The summed E-state index contributed by atoms with van der Waals surface area (Å²) in [5.41, 5.74) is -0.998. The number of hydrogen-bond acceptors (Lipinski definition) is 6. The Bertz CT molecular complexity index is 472. The largest absolute Gasteiger partial charge is 0.466 e. The van der Waals surface area contributed by atoms with E-state index in [1.54, 1.807) is 6.92 Å². The molecule has 0 bridgehead atoms. The van der Waals surface area contributed by atoms with Gasteiger partial charge in [-0.2, -0.15) is 0 Å². The molecule has 0 saturated heterocycles. The average molecular weight is 417 g/mol. The van der Waals surface area contributed by atoms with Gasteiger partial charge in [0.15, 0.2) is 0 Å². The van der Waals surface area contributed by atoms with Crippen molar-refractivity contribution in [1.82, 2.24) is 0 Å². The Labute approximate surface area is 177 Å². The molecule has 29 heavy (non-hydrogen) atoms. The molecule has 172 valence electrons. The molecule has 0 aromatic heterocycles. The number of aliphatic hydroxyl groups excluding tert-OH is 2. The lowest BCUT2D eigenvalue weighted by Gasteiger charge is -2.23. The first kappa shape index (κ1) is 27.9. The molecule has 0 aliphatic heterocycles. The number of carbonyl (C=O) groups is 2. The molecule has 0 unspecified atom stereocenters. The van der Waals surface area contributed by atoms with E-state index < -0.39 is 23.0 Å². The van der Waals surface area contributed by atoms with Gasteiger partial charge >= 0.3 is 11.9 Å². The topological polar surface area (TPSA) is 93.1 Å². The van der Waals surface area contributed by atoms with Crippen molar-refractivity contribution < 1.29 is 29.3 Å². The molecule has 2 N–H and O–H groups in total. The van der Waals surface area contributed by atoms with Crippen LogP contribution < -0.4 is 0 Å². The van der Waals surface area contributed by atoms with Gasteiger partial charge < -0.3 is 19.7 Å². The van der Waals surface area contributed by atoms with Gasteiger partial charge in [0, 0.05) is 0 Å². The minimum atomic E-state index is -0.739. The van der Waals surface area contributed by atoms with Gasteiger partial charge in [0.05, 0.1) is 36.3 Å². The zero-order chi connectivity index (χ0) is 22.5. The van der Waals surface area contributed by atoms with Crippen molar-refractivity contribution in [3.05, 3.63) is 0 Å². The summed E-state index contributed by atoms with van der Waals surface area (Å²) in [6.45, 7) is 11.9. The molecular formula is C23H44O6. The zero-order valence-corrected chi connectivity index (χ0v) is 19.5. The number of aliphatic hydroxyl groups is 2. The van der Waals surface area contributed by atoms with Crippen LogP contribution in [0.2, 0.25) is 0 Å². The van der Waals surface area contributed by atoms with Crippen LogP contribution in [0.15, 0.2) is 0 Å². The van der Waals surface area contributed by atoms with Gasteiger partial charge in [-0.05, 0) is 67.2 Å². The summed E-state index contributed by atoms with van der Waals surface area (Å²) >= 11 is 0. The Morgan fingerprint density at radius 2 is 1.03 bits per heavy atom. The number of rotatable bonds is 16. The number of hydrogen-bond donors (Lipinski definition) is 2. The smallest absolute Gasteiger partial charge is 0.311 e. The van der Waals surface area contributed by atoms with Crippen LogP contribution in [0.4, 0.5) is 0 Å². The molecule has 0 aromatic carbocycles. The fraction of sp³-hybridized carbons (Fsp3) is 0.913. The van der Waals surface area contributed by atoms with Crippen LogP contribution >= 0.6 is 0 Å². The second-order valence-electron chi connectivity index (χ2n) is 9.19. The molecule has 0 fully saturated rings. The maximum absolute atomic E-state index is 11.9. The van der Waals surface area contributed by atoms with Crippen LogP contribution in [0.1, 0.15) is 99.3 Å². The van der Waals surface area contributed by atoms with Crippen LogP contribution in [0.25, 0.3) is 0 Å². The van der Waals surface area contributed by atoms with E-state index in [4.69, 9.17) is 9.47 Å². The van der Waals surface area contributed by atoms with Crippen molar-refractivity contribution in [2.24, 2.45) is 10.8 Å². The Morgan fingerprint density at radius 1 is 0.690 bits per heavy atom. The van der Waals surface area contributed by atoms with E-state index >= 15 is 0 Å². The summed E-state index contributed by atoms with van der Waals surface area (Å²) < 4.78 is 10.2. The van der Waals surface area contributed by atoms with Gasteiger partial charge in [0.25, 0.3) is 0 Å². The Morgan fingerprint density at radius 3 is 1.41 bits per heavy atom. The Balaban J connectivity index is 3.97. The second-order valence-corrected chi connectivity index (χ2v) is 9.19. The average Bonchev–Trinajstić information content (AvgIpc) is 2.64. The lowest BCUT2D eigenvalue weighted by Crippen LogP contribution is -2.28. The normalized spacial score (nSPS) is 14.3. The van der Waals surface area contributed by atoms with Crippen molar-refractivity contribution in [3.63, 3.8) is 0 Å². The molecule has 0 aliphatic carbocycles. The molecule has 0 aromatic rings. The fourth-order valence-electron chi connectivity index (χ4n) is 3.26. The highest BCUT2D eigenvalue weighted by atomic mass is 16.5. The first-order chi connectivity index (χ1) is 13.5. The predicted molar refractivity (Wildman–Crippen MR) is 114 cm³/mol. The summed E-state index contributed by atoms with van der Waals surface area (Å²) in [6, 6.07) is 0. The van der Waals surface area contributed by atoms with E-state index in [0.717, 1.165) is 38.5 Å². The van der Waals surface area contributed by atoms with Crippen molar-refractivity contribution in [2.75, 3.05) is 13.2 Å². The third-order valence-electron chi connectivity index (χ3n) is 5.45. The van der Waals surface area contributed by atoms with Crippen LogP contribution in [-0.4, -0.2) is 47.6 Å². The minimum absolute atomic E-state index is 0.165. The van der Waals surface area contributed by atoms with E-state index in [1.807, 2.05) is 34.6 Å². The predicted octanol–water partition coefficient (Wildman–Crippen LogP) is 4.40. The van der Waals surface area contributed by atoms with Crippen LogP contribution in [-0.2, 0) is 19.1 Å². The van der Waals surface area contributed by atoms with Crippen LogP contribution in [0.3, 0.4) is 0 Å². The van der Waals surface area contributed by atoms with E-state index in [2.05, 4.69) is 0 Å². The molecular weight excluding hydrogens is 372 g/mol. The molecule has 6 heteroatoms. The first-order valence-corrected chi connectivity index (χ1v) is 11.2. The third-order valence-corrected chi connectivity index (χ3v) is 5.45. The van der Waals surface area contributed by atoms with Crippen LogP contribution in [0.5, 0.6) is 0 Å². The van der Waals surface area contributed by atoms with E-state index in [9.17, 15) is 19.8 Å². The van der Waals surface area contributed by atoms with Crippen molar-refractivity contribution in [2.45, 2.75) is 112 Å². The van der Waals surface area contributed by atoms with Gasteiger partial charge in [0.1, 0.15) is 0 Å². The van der Waals surface area contributed by atoms with Crippen molar-refractivity contribution in [1.29, 1.82) is 0 Å². The van der Waals surface area contributed by atoms with Crippen molar-refractivity contribution >= 4 is 11.9 Å². The first-order valence-electron chi connectivity index (χ1n) is 11.2. The summed E-state index contributed by atoms with van der Waals surface area (Å²) in [6.07, 6.45) is 5.22. The lowest BCUT2D eigenvalue weighted by molar-refractivity contribution is -0.154. The molecule has 6 nitrogen and oxygen atoms in total. The fourth-order valence-corrected chi connectivity index (χ4v) is 3.26. The van der Waals surface area contributed by atoms with Gasteiger partial charge in [-0.1, -0.05) is 32.1 Å². The number of unbranched alkanes of at least 4 members (excludes halogenated alkanes) is 3. The number of ether oxygens (including phenoxy) is 2. The molecule has 0 heterocycles.